The highest BCUT2D eigenvalue weighted by atomic mass is 16.4. The lowest BCUT2D eigenvalue weighted by Gasteiger charge is -2.32. The second-order valence-electron chi connectivity index (χ2n) is 14.4. The van der Waals surface area contributed by atoms with Crippen LogP contribution in [0.4, 0.5) is 0 Å². The van der Waals surface area contributed by atoms with E-state index in [2.05, 4.69) is 65.8 Å². The van der Waals surface area contributed by atoms with Crippen LogP contribution in [0.3, 0.4) is 0 Å². The standard InChI is InChI=1S/C33H54O5/c1-30(2,22-34)16-10-14-25-20-31(3,4)18-23(27(25)35)12-9-13-24-19-32(5,6)21-26(28(24)36)15-11-17-33(7,8)29(37)38/h18-21,27-28,34-36H,9-17,22H2,1-8H3,(H,37,38). The summed E-state index contributed by atoms with van der Waals surface area (Å²) in [4.78, 5) is 11.5. The van der Waals surface area contributed by atoms with Gasteiger partial charge in [0, 0.05) is 17.4 Å². The lowest BCUT2D eigenvalue weighted by atomic mass is 9.75. The maximum Gasteiger partial charge on any atom is 0.309 e. The Morgan fingerprint density at radius 3 is 1.39 bits per heavy atom. The molecule has 5 heteroatoms. The van der Waals surface area contributed by atoms with E-state index in [9.17, 15) is 25.2 Å². The summed E-state index contributed by atoms with van der Waals surface area (Å²) in [5.74, 6) is -0.786. The molecular weight excluding hydrogens is 476 g/mol. The van der Waals surface area contributed by atoms with Gasteiger partial charge in [-0.2, -0.15) is 0 Å². The Morgan fingerprint density at radius 1 is 0.711 bits per heavy atom. The number of carboxylic acids is 1. The minimum atomic E-state index is -0.786. The summed E-state index contributed by atoms with van der Waals surface area (Å²) in [6.45, 7) is 16.5. The molecule has 0 aromatic heterocycles. The Hall–Kier alpha value is -1.69. The second-order valence-corrected chi connectivity index (χ2v) is 14.4. The highest BCUT2D eigenvalue weighted by Crippen LogP contribution is 2.39. The Labute approximate surface area is 231 Å². The zero-order valence-corrected chi connectivity index (χ0v) is 25.2. The number of carboxylic acid groups (broad SMARTS) is 1. The fourth-order valence-electron chi connectivity index (χ4n) is 5.81. The number of allylic oxidation sites excluding steroid dienone is 4. The van der Waals surface area contributed by atoms with Gasteiger partial charge in [0.15, 0.2) is 0 Å². The average molecular weight is 531 g/mol. The van der Waals surface area contributed by atoms with Crippen molar-refractivity contribution in [2.75, 3.05) is 6.61 Å². The number of carbonyl (C=O) groups is 1. The molecule has 4 N–H and O–H groups in total. The Morgan fingerprint density at radius 2 is 1.05 bits per heavy atom. The SMILES string of the molecule is CC1(C)C=C(CCCC2=CC(C)(C)C=C(CCCC(C)(C)C(=O)O)C2O)C(O)C(CCCC(C)(C)CO)=C1. The van der Waals surface area contributed by atoms with E-state index in [0.29, 0.717) is 12.8 Å². The fraction of sp³-hybridized carbons (Fsp3) is 0.727. The molecule has 0 aliphatic heterocycles. The largest absolute Gasteiger partial charge is 0.481 e. The van der Waals surface area contributed by atoms with Gasteiger partial charge >= 0.3 is 5.97 Å². The van der Waals surface area contributed by atoms with E-state index in [1.54, 1.807) is 13.8 Å². The van der Waals surface area contributed by atoms with Crippen LogP contribution in [0.15, 0.2) is 46.6 Å². The topological polar surface area (TPSA) is 98.0 Å². The maximum atomic E-state index is 11.5. The summed E-state index contributed by atoms with van der Waals surface area (Å²) in [6.07, 6.45) is 14.6. The summed E-state index contributed by atoms with van der Waals surface area (Å²) in [7, 11) is 0. The van der Waals surface area contributed by atoms with Gasteiger partial charge in [0.05, 0.1) is 17.6 Å². The summed E-state index contributed by atoms with van der Waals surface area (Å²) >= 11 is 0. The maximum absolute atomic E-state index is 11.5. The number of aliphatic carboxylic acids is 1. The molecule has 0 aromatic rings. The third kappa shape index (κ3) is 9.50. The molecule has 0 heterocycles. The number of rotatable bonds is 14. The van der Waals surface area contributed by atoms with E-state index in [1.165, 1.54) is 0 Å². The van der Waals surface area contributed by atoms with E-state index >= 15 is 0 Å². The van der Waals surface area contributed by atoms with Gasteiger partial charge in [-0.1, -0.05) is 65.8 Å². The van der Waals surface area contributed by atoms with Gasteiger partial charge in [0.25, 0.3) is 0 Å². The first-order valence-corrected chi connectivity index (χ1v) is 14.4. The minimum Gasteiger partial charge on any atom is -0.481 e. The van der Waals surface area contributed by atoms with Crippen molar-refractivity contribution >= 4 is 5.97 Å². The van der Waals surface area contributed by atoms with Crippen molar-refractivity contribution in [3.05, 3.63) is 46.6 Å². The van der Waals surface area contributed by atoms with Gasteiger partial charge in [0.2, 0.25) is 0 Å². The normalized spacial score (nSPS) is 23.3. The quantitative estimate of drug-likeness (QED) is 0.179. The molecule has 5 nitrogen and oxygen atoms in total. The van der Waals surface area contributed by atoms with Gasteiger partial charge < -0.3 is 20.4 Å². The van der Waals surface area contributed by atoms with Crippen LogP contribution in [-0.4, -0.2) is 45.2 Å². The highest BCUT2D eigenvalue weighted by molar-refractivity contribution is 5.73. The van der Waals surface area contributed by atoms with Crippen molar-refractivity contribution in [1.29, 1.82) is 0 Å². The smallest absolute Gasteiger partial charge is 0.309 e. The third-order valence-electron chi connectivity index (χ3n) is 8.16. The molecule has 2 unspecified atom stereocenters. The lowest BCUT2D eigenvalue weighted by Crippen LogP contribution is -2.26. The van der Waals surface area contributed by atoms with Crippen molar-refractivity contribution in [2.24, 2.45) is 21.7 Å². The van der Waals surface area contributed by atoms with Gasteiger partial charge in [-0.25, -0.2) is 0 Å². The number of hydrogen-bond donors (Lipinski definition) is 4. The molecule has 0 radical (unpaired) electrons. The number of aliphatic hydroxyl groups excluding tert-OH is 3. The first-order chi connectivity index (χ1) is 17.4. The molecule has 2 atom stereocenters. The zero-order valence-electron chi connectivity index (χ0n) is 25.2. The minimum absolute atomic E-state index is 0.101. The van der Waals surface area contributed by atoms with E-state index in [1.807, 2.05) is 0 Å². The molecule has 0 spiro atoms. The Bertz CT molecular complexity index is 958. The molecule has 0 saturated carbocycles. The molecule has 0 saturated heterocycles. The van der Waals surface area contributed by atoms with Crippen LogP contribution < -0.4 is 0 Å². The van der Waals surface area contributed by atoms with E-state index in [4.69, 9.17) is 0 Å². The second kappa shape index (κ2) is 12.7. The number of hydrogen-bond acceptors (Lipinski definition) is 4. The first-order valence-electron chi connectivity index (χ1n) is 14.4. The summed E-state index contributed by atoms with van der Waals surface area (Å²) < 4.78 is 0. The van der Waals surface area contributed by atoms with Gasteiger partial charge in [0.1, 0.15) is 0 Å². The molecule has 0 fully saturated rings. The molecule has 0 bridgehead atoms. The lowest BCUT2D eigenvalue weighted by molar-refractivity contribution is -0.147. The van der Waals surface area contributed by atoms with Crippen molar-refractivity contribution in [2.45, 2.75) is 125 Å². The fourth-order valence-corrected chi connectivity index (χ4v) is 5.81. The van der Waals surface area contributed by atoms with Crippen LogP contribution in [-0.2, 0) is 4.79 Å². The van der Waals surface area contributed by atoms with Gasteiger partial charge in [-0.3, -0.25) is 4.79 Å². The van der Waals surface area contributed by atoms with Crippen LogP contribution in [0.5, 0.6) is 0 Å². The predicted octanol–water partition coefficient (Wildman–Crippen LogP) is 7.13. The molecule has 0 aromatic carbocycles. The summed E-state index contributed by atoms with van der Waals surface area (Å²) in [5, 5.41) is 41.3. The van der Waals surface area contributed by atoms with Crippen LogP contribution >= 0.6 is 0 Å². The van der Waals surface area contributed by atoms with E-state index in [-0.39, 0.29) is 22.9 Å². The molecular formula is C33H54O5. The number of aliphatic hydroxyl groups is 3. The average Bonchev–Trinajstić information content (AvgIpc) is 2.78. The van der Waals surface area contributed by atoms with Crippen LogP contribution in [0.2, 0.25) is 0 Å². The van der Waals surface area contributed by atoms with Crippen LogP contribution in [0.1, 0.15) is 113 Å². The van der Waals surface area contributed by atoms with Crippen molar-refractivity contribution in [3.8, 4) is 0 Å². The predicted molar refractivity (Wildman–Crippen MR) is 156 cm³/mol. The van der Waals surface area contributed by atoms with Crippen molar-refractivity contribution in [3.63, 3.8) is 0 Å². The summed E-state index contributed by atoms with van der Waals surface area (Å²) in [5.41, 5.74) is 3.02. The molecule has 2 aliphatic rings. The molecule has 38 heavy (non-hydrogen) atoms. The van der Waals surface area contributed by atoms with Crippen molar-refractivity contribution in [1.82, 2.24) is 0 Å². The monoisotopic (exact) mass is 530 g/mol. The van der Waals surface area contributed by atoms with Crippen LogP contribution in [0.25, 0.3) is 0 Å². The Balaban J connectivity index is 1.98. The first kappa shape index (κ1) is 32.5. The molecule has 216 valence electrons. The van der Waals surface area contributed by atoms with Gasteiger partial charge in [-0.15, -0.1) is 0 Å². The van der Waals surface area contributed by atoms with Gasteiger partial charge in [-0.05, 0) is 99.3 Å². The third-order valence-corrected chi connectivity index (χ3v) is 8.16. The Kier molecular flexibility index (Phi) is 10.8. The van der Waals surface area contributed by atoms with Crippen molar-refractivity contribution < 1.29 is 25.2 Å². The molecule has 2 rings (SSSR count). The summed E-state index contributed by atoms with van der Waals surface area (Å²) in [6, 6.07) is 0. The zero-order chi connectivity index (χ0) is 28.9. The van der Waals surface area contributed by atoms with E-state index < -0.39 is 23.6 Å². The molecule has 0 amide bonds. The highest BCUT2D eigenvalue weighted by Gasteiger charge is 2.31. The molecule has 2 aliphatic carbocycles. The van der Waals surface area contributed by atoms with Crippen LogP contribution in [0, 0.1) is 21.7 Å². The van der Waals surface area contributed by atoms with E-state index in [0.717, 1.165) is 67.2 Å².